The van der Waals surface area contributed by atoms with E-state index in [1.807, 2.05) is 12.1 Å². The molecule has 1 rings (SSSR count). The van der Waals surface area contributed by atoms with Gasteiger partial charge >= 0.3 is 0 Å². The minimum Gasteiger partial charge on any atom is -0.494 e. The SMILES string of the molecule is C#CCCCCNCc1ccc(OCCCC)cc1. The van der Waals surface area contributed by atoms with Crippen LogP contribution in [0.1, 0.15) is 44.6 Å². The average Bonchev–Trinajstić information content (AvgIpc) is 2.44. The molecule has 0 atom stereocenters. The van der Waals surface area contributed by atoms with Gasteiger partial charge in [-0.2, -0.15) is 0 Å². The number of rotatable bonds is 10. The molecule has 0 unspecified atom stereocenters. The van der Waals surface area contributed by atoms with Crippen molar-refractivity contribution in [2.45, 2.75) is 45.6 Å². The van der Waals surface area contributed by atoms with E-state index in [2.05, 4.69) is 30.3 Å². The fraction of sp³-hybridized carbons (Fsp3) is 0.529. The van der Waals surface area contributed by atoms with Gasteiger partial charge in [0.1, 0.15) is 5.75 Å². The zero-order valence-corrected chi connectivity index (χ0v) is 12.0. The normalized spacial score (nSPS) is 10.1. The summed E-state index contributed by atoms with van der Waals surface area (Å²) in [6.45, 7) is 4.91. The first-order valence-corrected chi connectivity index (χ1v) is 7.22. The van der Waals surface area contributed by atoms with E-state index in [0.717, 1.165) is 51.1 Å². The second-order valence-corrected chi connectivity index (χ2v) is 4.68. The van der Waals surface area contributed by atoms with Crippen molar-refractivity contribution >= 4 is 0 Å². The van der Waals surface area contributed by atoms with Crippen LogP contribution in [-0.4, -0.2) is 13.2 Å². The van der Waals surface area contributed by atoms with Gasteiger partial charge in [0, 0.05) is 13.0 Å². The maximum absolute atomic E-state index is 5.63. The van der Waals surface area contributed by atoms with Crippen LogP contribution in [0.2, 0.25) is 0 Å². The van der Waals surface area contributed by atoms with Gasteiger partial charge in [-0.25, -0.2) is 0 Å². The molecule has 0 aliphatic heterocycles. The van der Waals surface area contributed by atoms with Gasteiger partial charge in [0.25, 0.3) is 0 Å². The van der Waals surface area contributed by atoms with Crippen LogP contribution in [-0.2, 0) is 6.54 Å². The smallest absolute Gasteiger partial charge is 0.119 e. The van der Waals surface area contributed by atoms with E-state index in [-0.39, 0.29) is 0 Å². The summed E-state index contributed by atoms with van der Waals surface area (Å²) in [6.07, 6.45) is 10.6. The molecule has 0 spiro atoms. The van der Waals surface area contributed by atoms with Crippen molar-refractivity contribution < 1.29 is 4.74 Å². The first-order chi connectivity index (χ1) is 9.36. The Kier molecular flexibility index (Phi) is 8.59. The second kappa shape index (κ2) is 10.5. The topological polar surface area (TPSA) is 21.3 Å². The van der Waals surface area contributed by atoms with Crippen molar-refractivity contribution in [3.8, 4) is 18.1 Å². The van der Waals surface area contributed by atoms with Crippen molar-refractivity contribution in [2.75, 3.05) is 13.2 Å². The summed E-state index contributed by atoms with van der Waals surface area (Å²) in [5, 5.41) is 3.42. The Labute approximate surface area is 117 Å². The molecule has 0 radical (unpaired) electrons. The summed E-state index contributed by atoms with van der Waals surface area (Å²) >= 11 is 0. The van der Waals surface area contributed by atoms with Gasteiger partial charge in [-0.05, 0) is 43.5 Å². The molecule has 104 valence electrons. The number of nitrogens with one attached hydrogen (secondary N) is 1. The third-order valence-electron chi connectivity index (χ3n) is 2.94. The number of hydrogen-bond donors (Lipinski definition) is 1. The minimum absolute atomic E-state index is 0.809. The highest BCUT2D eigenvalue weighted by molar-refractivity contribution is 5.27. The number of hydrogen-bond acceptors (Lipinski definition) is 2. The Bertz CT molecular complexity index is 364. The highest BCUT2D eigenvalue weighted by Gasteiger charge is 1.95. The molecule has 0 aromatic heterocycles. The highest BCUT2D eigenvalue weighted by atomic mass is 16.5. The van der Waals surface area contributed by atoms with Crippen LogP contribution >= 0.6 is 0 Å². The van der Waals surface area contributed by atoms with Crippen molar-refractivity contribution in [2.24, 2.45) is 0 Å². The summed E-state index contributed by atoms with van der Waals surface area (Å²) in [7, 11) is 0. The van der Waals surface area contributed by atoms with Gasteiger partial charge in [-0.15, -0.1) is 12.3 Å². The summed E-state index contributed by atoms with van der Waals surface area (Å²) in [4.78, 5) is 0. The van der Waals surface area contributed by atoms with Crippen molar-refractivity contribution in [1.82, 2.24) is 5.32 Å². The zero-order chi connectivity index (χ0) is 13.8. The number of unbranched alkanes of at least 4 members (excludes halogenated alkanes) is 3. The molecule has 0 saturated carbocycles. The molecule has 0 heterocycles. The molecule has 2 heteroatoms. The summed E-state index contributed by atoms with van der Waals surface area (Å²) in [5.41, 5.74) is 1.29. The Morgan fingerprint density at radius 3 is 2.63 bits per heavy atom. The van der Waals surface area contributed by atoms with E-state index < -0.39 is 0 Å². The standard InChI is InChI=1S/C17H25NO/c1-3-5-7-8-13-18-15-16-9-11-17(12-10-16)19-14-6-4-2/h1,9-12,18H,4-8,13-15H2,2H3. The fourth-order valence-corrected chi connectivity index (χ4v) is 1.75. The quantitative estimate of drug-likeness (QED) is 0.510. The van der Waals surface area contributed by atoms with Crippen molar-refractivity contribution in [3.05, 3.63) is 29.8 Å². The molecule has 1 aromatic carbocycles. The molecular formula is C17H25NO. The van der Waals surface area contributed by atoms with Crippen molar-refractivity contribution in [1.29, 1.82) is 0 Å². The minimum atomic E-state index is 0.809. The average molecular weight is 259 g/mol. The van der Waals surface area contributed by atoms with Crippen molar-refractivity contribution in [3.63, 3.8) is 0 Å². The van der Waals surface area contributed by atoms with Crippen LogP contribution in [0, 0.1) is 12.3 Å². The Morgan fingerprint density at radius 1 is 1.16 bits per heavy atom. The van der Waals surface area contributed by atoms with Crippen LogP contribution in [0.4, 0.5) is 0 Å². The highest BCUT2D eigenvalue weighted by Crippen LogP contribution is 2.12. The predicted molar refractivity (Wildman–Crippen MR) is 81.2 cm³/mol. The molecular weight excluding hydrogens is 234 g/mol. The van der Waals surface area contributed by atoms with E-state index in [9.17, 15) is 0 Å². The maximum Gasteiger partial charge on any atom is 0.119 e. The monoisotopic (exact) mass is 259 g/mol. The molecule has 0 aliphatic carbocycles. The third kappa shape index (κ3) is 7.54. The van der Waals surface area contributed by atoms with E-state index in [0.29, 0.717) is 0 Å². The fourth-order valence-electron chi connectivity index (χ4n) is 1.75. The van der Waals surface area contributed by atoms with Gasteiger partial charge in [0.2, 0.25) is 0 Å². The van der Waals surface area contributed by atoms with Crippen LogP contribution < -0.4 is 10.1 Å². The molecule has 0 amide bonds. The second-order valence-electron chi connectivity index (χ2n) is 4.68. The molecule has 0 bridgehead atoms. The van der Waals surface area contributed by atoms with E-state index in [4.69, 9.17) is 11.2 Å². The zero-order valence-electron chi connectivity index (χ0n) is 12.0. The Hall–Kier alpha value is -1.46. The molecule has 1 aromatic rings. The van der Waals surface area contributed by atoms with Gasteiger partial charge < -0.3 is 10.1 Å². The molecule has 2 nitrogen and oxygen atoms in total. The summed E-state index contributed by atoms with van der Waals surface area (Å²) in [5.74, 6) is 3.63. The van der Waals surface area contributed by atoms with Gasteiger partial charge in [-0.1, -0.05) is 25.5 Å². The van der Waals surface area contributed by atoms with Gasteiger partial charge in [0.15, 0.2) is 0 Å². The van der Waals surface area contributed by atoms with Crippen LogP contribution in [0.3, 0.4) is 0 Å². The number of benzene rings is 1. The van der Waals surface area contributed by atoms with Crippen LogP contribution in [0.15, 0.2) is 24.3 Å². The molecule has 0 fully saturated rings. The molecule has 1 N–H and O–H groups in total. The lowest BCUT2D eigenvalue weighted by Gasteiger charge is -2.07. The molecule has 0 aliphatic rings. The lowest BCUT2D eigenvalue weighted by Crippen LogP contribution is -2.14. The lowest BCUT2D eigenvalue weighted by atomic mass is 10.2. The van der Waals surface area contributed by atoms with Crippen LogP contribution in [0.25, 0.3) is 0 Å². The van der Waals surface area contributed by atoms with Gasteiger partial charge in [0.05, 0.1) is 6.61 Å². The Balaban J connectivity index is 2.15. The van der Waals surface area contributed by atoms with E-state index in [1.165, 1.54) is 12.0 Å². The predicted octanol–water partition coefficient (Wildman–Crippen LogP) is 3.76. The maximum atomic E-state index is 5.63. The van der Waals surface area contributed by atoms with Crippen LogP contribution in [0.5, 0.6) is 5.75 Å². The largest absolute Gasteiger partial charge is 0.494 e. The third-order valence-corrected chi connectivity index (χ3v) is 2.94. The summed E-state index contributed by atoms with van der Waals surface area (Å²) < 4.78 is 5.63. The first-order valence-electron chi connectivity index (χ1n) is 7.22. The first kappa shape index (κ1) is 15.6. The number of ether oxygens (including phenoxy) is 1. The Morgan fingerprint density at radius 2 is 1.95 bits per heavy atom. The van der Waals surface area contributed by atoms with Gasteiger partial charge in [-0.3, -0.25) is 0 Å². The van der Waals surface area contributed by atoms with E-state index in [1.54, 1.807) is 0 Å². The summed E-state index contributed by atoms with van der Waals surface area (Å²) in [6, 6.07) is 8.33. The lowest BCUT2D eigenvalue weighted by molar-refractivity contribution is 0.309. The van der Waals surface area contributed by atoms with E-state index >= 15 is 0 Å². The molecule has 19 heavy (non-hydrogen) atoms. The number of terminal acetylenes is 1. The molecule has 0 saturated heterocycles.